The Morgan fingerprint density at radius 2 is 1.89 bits per heavy atom. The van der Waals surface area contributed by atoms with E-state index in [0.29, 0.717) is 44.0 Å². The number of hydrogen-bond donors (Lipinski definition) is 1. The van der Waals surface area contributed by atoms with Crippen molar-refractivity contribution in [2.75, 3.05) is 26.8 Å². The van der Waals surface area contributed by atoms with E-state index in [-0.39, 0.29) is 17.8 Å². The summed E-state index contributed by atoms with van der Waals surface area (Å²) in [5, 5.41) is 9.29. The van der Waals surface area contributed by atoms with Crippen molar-refractivity contribution in [1.82, 2.24) is 4.90 Å². The van der Waals surface area contributed by atoms with Crippen molar-refractivity contribution in [3.63, 3.8) is 0 Å². The van der Waals surface area contributed by atoms with Crippen molar-refractivity contribution in [3.8, 4) is 11.5 Å². The van der Waals surface area contributed by atoms with Crippen LogP contribution in [0, 0.1) is 11.7 Å². The second kappa shape index (κ2) is 9.06. The van der Waals surface area contributed by atoms with E-state index >= 15 is 0 Å². The zero-order valence-corrected chi connectivity index (χ0v) is 16.2. The van der Waals surface area contributed by atoms with Gasteiger partial charge < -0.3 is 14.6 Å². The number of carbonyl (C=O) groups is 1. The van der Waals surface area contributed by atoms with Crippen LogP contribution in [0.1, 0.15) is 36.9 Å². The number of carboxylic acids is 1. The van der Waals surface area contributed by atoms with Crippen LogP contribution in [0.3, 0.4) is 0 Å². The summed E-state index contributed by atoms with van der Waals surface area (Å²) >= 11 is 0. The Morgan fingerprint density at radius 3 is 2.50 bits per heavy atom. The molecule has 28 heavy (non-hydrogen) atoms. The van der Waals surface area contributed by atoms with Crippen molar-refractivity contribution >= 4 is 5.97 Å². The summed E-state index contributed by atoms with van der Waals surface area (Å²) in [4.78, 5) is 13.5. The van der Waals surface area contributed by atoms with Crippen molar-refractivity contribution < 1.29 is 23.8 Å². The lowest BCUT2D eigenvalue weighted by Crippen LogP contribution is -2.39. The molecule has 0 amide bonds. The number of halogens is 1. The van der Waals surface area contributed by atoms with Crippen LogP contribution < -0.4 is 9.47 Å². The fourth-order valence-corrected chi connectivity index (χ4v) is 3.83. The highest BCUT2D eigenvalue weighted by molar-refractivity contribution is 5.70. The summed E-state index contributed by atoms with van der Waals surface area (Å²) in [7, 11) is 1.60. The number of nitrogens with zero attached hydrogens (tertiary/aromatic N) is 1. The molecule has 0 spiro atoms. The number of benzene rings is 2. The molecule has 1 fully saturated rings. The number of likely N-dealkylation sites (tertiary alicyclic amines) is 1. The largest absolute Gasteiger partial charge is 0.493 e. The Labute approximate surface area is 164 Å². The second-order valence-electron chi connectivity index (χ2n) is 6.95. The lowest BCUT2D eigenvalue weighted by atomic mass is 9.91. The normalized spacial score (nSPS) is 16.5. The highest BCUT2D eigenvalue weighted by Gasteiger charge is 2.30. The molecule has 2 aromatic carbocycles. The Hall–Kier alpha value is -2.60. The first kappa shape index (κ1) is 20.1. The number of methoxy groups -OCH3 is 1. The van der Waals surface area contributed by atoms with Crippen LogP contribution in [0.15, 0.2) is 42.5 Å². The van der Waals surface area contributed by atoms with Gasteiger partial charge in [-0.2, -0.15) is 0 Å². The molecular weight excluding hydrogens is 361 g/mol. The minimum atomic E-state index is -0.745. The maximum atomic E-state index is 14.0. The number of piperidine rings is 1. The SMILES string of the molecule is CCOc1cc(C(c2cccc(F)c2)N2CCC(C(=O)O)CC2)ccc1OC. The van der Waals surface area contributed by atoms with Crippen molar-refractivity contribution in [1.29, 1.82) is 0 Å². The molecule has 1 saturated heterocycles. The van der Waals surface area contributed by atoms with Crippen LogP contribution in [0.2, 0.25) is 0 Å². The van der Waals surface area contributed by atoms with Gasteiger partial charge in [0.2, 0.25) is 0 Å². The summed E-state index contributed by atoms with van der Waals surface area (Å²) in [5.41, 5.74) is 1.80. The van der Waals surface area contributed by atoms with Gasteiger partial charge in [0.05, 0.1) is 25.7 Å². The summed E-state index contributed by atoms with van der Waals surface area (Å²) in [6.07, 6.45) is 1.16. The molecule has 0 aliphatic carbocycles. The van der Waals surface area contributed by atoms with Crippen LogP contribution in [0.5, 0.6) is 11.5 Å². The summed E-state index contributed by atoms with van der Waals surface area (Å²) in [6, 6.07) is 12.1. The standard InChI is InChI=1S/C22H26FNO4/c1-3-28-20-14-17(7-8-19(20)27-2)21(16-5-4-6-18(23)13-16)24-11-9-15(10-12-24)22(25)26/h4-8,13-15,21H,3,9-12H2,1-2H3,(H,25,26). The minimum Gasteiger partial charge on any atom is -0.493 e. The lowest BCUT2D eigenvalue weighted by Gasteiger charge is -2.37. The number of hydrogen-bond acceptors (Lipinski definition) is 4. The Bertz CT molecular complexity index is 818. The van der Waals surface area contributed by atoms with Gasteiger partial charge >= 0.3 is 5.97 Å². The van der Waals surface area contributed by atoms with Gasteiger partial charge in [-0.25, -0.2) is 4.39 Å². The molecule has 1 aliphatic rings. The smallest absolute Gasteiger partial charge is 0.306 e. The van der Waals surface area contributed by atoms with Crippen molar-refractivity contribution in [2.45, 2.75) is 25.8 Å². The Morgan fingerprint density at radius 1 is 1.18 bits per heavy atom. The predicted octanol–water partition coefficient (Wildman–Crippen LogP) is 4.12. The highest BCUT2D eigenvalue weighted by atomic mass is 19.1. The molecule has 0 saturated carbocycles. The number of ether oxygens (including phenoxy) is 2. The predicted molar refractivity (Wildman–Crippen MR) is 104 cm³/mol. The van der Waals surface area contributed by atoms with E-state index in [9.17, 15) is 14.3 Å². The molecule has 0 aromatic heterocycles. The molecule has 1 unspecified atom stereocenters. The molecule has 1 N–H and O–H groups in total. The molecule has 150 valence electrons. The third-order valence-electron chi connectivity index (χ3n) is 5.21. The average molecular weight is 387 g/mol. The monoisotopic (exact) mass is 387 g/mol. The zero-order valence-electron chi connectivity index (χ0n) is 16.2. The quantitative estimate of drug-likeness (QED) is 0.775. The minimum absolute atomic E-state index is 0.185. The summed E-state index contributed by atoms with van der Waals surface area (Å²) in [6.45, 7) is 3.68. The van der Waals surface area contributed by atoms with E-state index in [0.717, 1.165) is 11.1 Å². The Kier molecular flexibility index (Phi) is 6.52. The van der Waals surface area contributed by atoms with Gasteiger partial charge in [-0.05, 0) is 68.2 Å². The van der Waals surface area contributed by atoms with Gasteiger partial charge in [0.1, 0.15) is 5.82 Å². The van der Waals surface area contributed by atoms with Crippen LogP contribution in [-0.2, 0) is 4.79 Å². The fourth-order valence-electron chi connectivity index (χ4n) is 3.83. The topological polar surface area (TPSA) is 59.0 Å². The maximum absolute atomic E-state index is 14.0. The lowest BCUT2D eigenvalue weighted by molar-refractivity contribution is -0.143. The first-order valence-corrected chi connectivity index (χ1v) is 9.56. The molecule has 0 bridgehead atoms. The zero-order chi connectivity index (χ0) is 20.1. The van der Waals surface area contributed by atoms with Crippen LogP contribution in [-0.4, -0.2) is 42.8 Å². The fraction of sp³-hybridized carbons (Fsp3) is 0.409. The van der Waals surface area contributed by atoms with Gasteiger partial charge in [-0.3, -0.25) is 9.69 Å². The molecular formula is C22H26FNO4. The van der Waals surface area contributed by atoms with Gasteiger partial charge in [0.25, 0.3) is 0 Å². The number of rotatable bonds is 7. The van der Waals surface area contributed by atoms with Crippen LogP contribution in [0.4, 0.5) is 4.39 Å². The highest BCUT2D eigenvalue weighted by Crippen LogP contribution is 2.37. The van der Waals surface area contributed by atoms with E-state index in [2.05, 4.69) is 4.90 Å². The average Bonchev–Trinajstić information content (AvgIpc) is 2.69. The molecule has 1 atom stereocenters. The first-order chi connectivity index (χ1) is 13.5. The van der Waals surface area contributed by atoms with Gasteiger partial charge in [-0.15, -0.1) is 0 Å². The summed E-state index contributed by atoms with van der Waals surface area (Å²) < 4.78 is 25.1. The molecule has 0 radical (unpaired) electrons. The van der Waals surface area contributed by atoms with Gasteiger partial charge in [0.15, 0.2) is 11.5 Å². The number of carboxylic acid groups (broad SMARTS) is 1. The number of aliphatic carboxylic acids is 1. The van der Waals surface area contributed by atoms with Crippen molar-refractivity contribution in [3.05, 3.63) is 59.4 Å². The second-order valence-corrected chi connectivity index (χ2v) is 6.95. The van der Waals surface area contributed by atoms with E-state index in [1.807, 2.05) is 31.2 Å². The molecule has 1 aliphatic heterocycles. The van der Waals surface area contributed by atoms with Crippen molar-refractivity contribution in [2.24, 2.45) is 5.92 Å². The molecule has 1 heterocycles. The third-order valence-corrected chi connectivity index (χ3v) is 5.21. The summed E-state index contributed by atoms with van der Waals surface area (Å²) in [5.74, 6) is -0.0664. The molecule has 5 nitrogen and oxygen atoms in total. The van der Waals surface area contributed by atoms with E-state index < -0.39 is 5.97 Å². The van der Waals surface area contributed by atoms with Crippen LogP contribution in [0.25, 0.3) is 0 Å². The Balaban J connectivity index is 1.98. The third kappa shape index (κ3) is 4.44. The molecule has 2 aromatic rings. The molecule has 3 rings (SSSR count). The van der Waals surface area contributed by atoms with E-state index in [1.165, 1.54) is 6.07 Å². The maximum Gasteiger partial charge on any atom is 0.306 e. The van der Waals surface area contributed by atoms with Gasteiger partial charge in [-0.1, -0.05) is 18.2 Å². The molecule has 6 heteroatoms. The van der Waals surface area contributed by atoms with Crippen LogP contribution >= 0.6 is 0 Å². The van der Waals surface area contributed by atoms with E-state index in [4.69, 9.17) is 9.47 Å². The van der Waals surface area contributed by atoms with Gasteiger partial charge in [0, 0.05) is 0 Å². The van der Waals surface area contributed by atoms with E-state index in [1.54, 1.807) is 19.2 Å². The first-order valence-electron chi connectivity index (χ1n) is 9.56.